The highest BCUT2D eigenvalue weighted by atomic mass is 79.9. The molecule has 1 aromatic rings. The van der Waals surface area contributed by atoms with Gasteiger partial charge in [0.1, 0.15) is 0 Å². The predicted octanol–water partition coefficient (Wildman–Crippen LogP) is 3.12. The van der Waals surface area contributed by atoms with Crippen LogP contribution in [0.5, 0.6) is 0 Å². The summed E-state index contributed by atoms with van der Waals surface area (Å²) in [5, 5.41) is 9.40. The van der Waals surface area contributed by atoms with Gasteiger partial charge in [0.05, 0.1) is 6.61 Å². The first-order valence-electron chi connectivity index (χ1n) is 5.82. The highest BCUT2D eigenvalue weighted by molar-refractivity contribution is 9.10. The summed E-state index contributed by atoms with van der Waals surface area (Å²) < 4.78 is 0.880. The Morgan fingerprint density at radius 3 is 2.72 bits per heavy atom. The second-order valence-electron chi connectivity index (χ2n) is 4.48. The van der Waals surface area contributed by atoms with Crippen LogP contribution < -0.4 is 4.90 Å². The zero-order valence-corrected chi connectivity index (χ0v) is 12.3. The molecule has 0 unspecified atom stereocenters. The van der Waals surface area contributed by atoms with E-state index in [9.17, 15) is 9.90 Å². The maximum absolute atomic E-state index is 11.9. The van der Waals surface area contributed by atoms with Crippen molar-refractivity contribution in [3.8, 4) is 0 Å². The number of aliphatic hydroxyl groups excluding tert-OH is 1. The van der Waals surface area contributed by atoms with Crippen molar-refractivity contribution in [3.63, 3.8) is 0 Å². The Bertz CT molecular complexity index is 443. The monoisotopic (exact) mass is 311 g/mol. The second-order valence-corrected chi connectivity index (χ2v) is 5.39. The lowest BCUT2D eigenvalue weighted by Gasteiger charge is -2.25. The molecule has 0 aliphatic carbocycles. The standard InChI is InChI=1S/C14H18BrNO2/c1-4-14(18)16(8-10(2)3)13-6-5-12(15)7-11(13)9-17/h4-7,10,17H,1,8-9H2,2-3H3. The van der Waals surface area contributed by atoms with Crippen LogP contribution >= 0.6 is 15.9 Å². The van der Waals surface area contributed by atoms with E-state index >= 15 is 0 Å². The van der Waals surface area contributed by atoms with Gasteiger partial charge in [-0.2, -0.15) is 0 Å². The molecular weight excluding hydrogens is 294 g/mol. The number of hydrogen-bond donors (Lipinski definition) is 1. The Hall–Kier alpha value is -1.13. The van der Waals surface area contributed by atoms with Crippen LogP contribution in [0.15, 0.2) is 35.3 Å². The lowest BCUT2D eigenvalue weighted by atomic mass is 10.1. The van der Waals surface area contributed by atoms with Crippen LogP contribution in [0.25, 0.3) is 0 Å². The molecule has 1 amide bonds. The SMILES string of the molecule is C=CC(=O)N(CC(C)C)c1ccc(Br)cc1CO. The summed E-state index contributed by atoms with van der Waals surface area (Å²) in [7, 11) is 0. The maximum atomic E-state index is 11.9. The summed E-state index contributed by atoms with van der Waals surface area (Å²) in [6.07, 6.45) is 1.30. The number of anilines is 1. The fourth-order valence-corrected chi connectivity index (χ4v) is 2.13. The summed E-state index contributed by atoms with van der Waals surface area (Å²) in [6.45, 7) is 8.10. The third-order valence-electron chi connectivity index (χ3n) is 2.49. The topological polar surface area (TPSA) is 40.5 Å². The fourth-order valence-electron chi connectivity index (χ4n) is 1.73. The van der Waals surface area contributed by atoms with Gasteiger partial charge in [0.15, 0.2) is 0 Å². The molecule has 0 aromatic heterocycles. The van der Waals surface area contributed by atoms with Gasteiger partial charge in [-0.15, -0.1) is 0 Å². The van der Waals surface area contributed by atoms with Crippen molar-refractivity contribution in [3.05, 3.63) is 40.9 Å². The summed E-state index contributed by atoms with van der Waals surface area (Å²) in [6, 6.07) is 5.51. The largest absolute Gasteiger partial charge is 0.392 e. The van der Waals surface area contributed by atoms with Crippen molar-refractivity contribution in [2.75, 3.05) is 11.4 Å². The van der Waals surface area contributed by atoms with E-state index in [0.717, 1.165) is 15.7 Å². The molecule has 1 N–H and O–H groups in total. The molecule has 1 aromatic carbocycles. The van der Waals surface area contributed by atoms with E-state index in [0.29, 0.717) is 12.5 Å². The summed E-state index contributed by atoms with van der Waals surface area (Å²) in [5.41, 5.74) is 1.46. The normalized spacial score (nSPS) is 10.5. The first kappa shape index (κ1) is 14.9. The van der Waals surface area contributed by atoms with Crippen molar-refractivity contribution in [1.82, 2.24) is 0 Å². The minimum Gasteiger partial charge on any atom is -0.392 e. The van der Waals surface area contributed by atoms with Gasteiger partial charge in [0, 0.05) is 22.3 Å². The van der Waals surface area contributed by atoms with Crippen molar-refractivity contribution in [1.29, 1.82) is 0 Å². The summed E-state index contributed by atoms with van der Waals surface area (Å²) in [4.78, 5) is 13.6. The summed E-state index contributed by atoms with van der Waals surface area (Å²) >= 11 is 3.36. The Labute approximate surface area is 116 Å². The van der Waals surface area contributed by atoms with E-state index in [1.807, 2.05) is 32.0 Å². The third-order valence-corrected chi connectivity index (χ3v) is 2.98. The number of nitrogens with zero attached hydrogens (tertiary/aromatic N) is 1. The Morgan fingerprint density at radius 1 is 1.56 bits per heavy atom. The zero-order chi connectivity index (χ0) is 13.7. The Morgan fingerprint density at radius 2 is 2.22 bits per heavy atom. The molecule has 0 aliphatic heterocycles. The van der Waals surface area contributed by atoms with Crippen molar-refractivity contribution < 1.29 is 9.90 Å². The number of amides is 1. The maximum Gasteiger partial charge on any atom is 0.250 e. The van der Waals surface area contributed by atoms with Crippen LogP contribution in [0.2, 0.25) is 0 Å². The molecular formula is C14H18BrNO2. The van der Waals surface area contributed by atoms with Gasteiger partial charge in [0.25, 0.3) is 0 Å². The highest BCUT2D eigenvalue weighted by Gasteiger charge is 2.17. The smallest absolute Gasteiger partial charge is 0.250 e. The van der Waals surface area contributed by atoms with Crippen molar-refractivity contribution >= 4 is 27.5 Å². The van der Waals surface area contributed by atoms with Crippen LogP contribution in [0.3, 0.4) is 0 Å². The number of halogens is 1. The minimum absolute atomic E-state index is 0.103. The molecule has 98 valence electrons. The number of aliphatic hydroxyl groups is 1. The molecule has 0 spiro atoms. The quantitative estimate of drug-likeness (QED) is 0.849. The molecule has 0 fully saturated rings. The Kier molecular flexibility index (Phi) is 5.56. The van der Waals surface area contributed by atoms with Gasteiger partial charge in [-0.25, -0.2) is 0 Å². The molecule has 4 heteroatoms. The van der Waals surface area contributed by atoms with E-state index in [-0.39, 0.29) is 12.5 Å². The number of carbonyl (C=O) groups excluding carboxylic acids is 1. The predicted molar refractivity (Wildman–Crippen MR) is 77.5 cm³/mol. The van der Waals surface area contributed by atoms with Crippen molar-refractivity contribution in [2.45, 2.75) is 20.5 Å². The van der Waals surface area contributed by atoms with Gasteiger partial charge >= 0.3 is 0 Å². The van der Waals surface area contributed by atoms with Crippen LogP contribution in [0, 0.1) is 5.92 Å². The highest BCUT2D eigenvalue weighted by Crippen LogP contribution is 2.26. The Balaban J connectivity index is 3.19. The molecule has 18 heavy (non-hydrogen) atoms. The zero-order valence-electron chi connectivity index (χ0n) is 10.7. The van der Waals surface area contributed by atoms with Crippen LogP contribution in [-0.4, -0.2) is 17.6 Å². The van der Waals surface area contributed by atoms with Gasteiger partial charge in [-0.05, 0) is 30.2 Å². The average Bonchev–Trinajstić information content (AvgIpc) is 2.35. The molecule has 0 bridgehead atoms. The minimum atomic E-state index is -0.152. The lowest BCUT2D eigenvalue weighted by Crippen LogP contribution is -2.33. The molecule has 3 nitrogen and oxygen atoms in total. The first-order valence-corrected chi connectivity index (χ1v) is 6.62. The molecule has 0 saturated carbocycles. The van der Waals surface area contributed by atoms with Crippen LogP contribution in [0.1, 0.15) is 19.4 Å². The van der Waals surface area contributed by atoms with Gasteiger partial charge in [-0.1, -0.05) is 36.4 Å². The van der Waals surface area contributed by atoms with E-state index in [4.69, 9.17) is 0 Å². The molecule has 0 aliphatic rings. The number of carbonyl (C=O) groups is 1. The van der Waals surface area contributed by atoms with E-state index < -0.39 is 0 Å². The molecule has 0 atom stereocenters. The average molecular weight is 312 g/mol. The molecule has 1 rings (SSSR count). The second kappa shape index (κ2) is 6.71. The number of hydrogen-bond acceptors (Lipinski definition) is 2. The first-order chi connectivity index (χ1) is 8.49. The van der Waals surface area contributed by atoms with Crippen molar-refractivity contribution in [2.24, 2.45) is 5.92 Å². The number of benzene rings is 1. The lowest BCUT2D eigenvalue weighted by molar-refractivity contribution is -0.114. The van der Waals surface area contributed by atoms with Crippen LogP contribution in [-0.2, 0) is 11.4 Å². The molecule has 0 radical (unpaired) electrons. The van der Waals surface area contributed by atoms with Gasteiger partial charge < -0.3 is 10.0 Å². The van der Waals surface area contributed by atoms with E-state index in [1.54, 1.807) is 4.90 Å². The summed E-state index contributed by atoms with van der Waals surface area (Å²) in [5.74, 6) is 0.185. The number of rotatable bonds is 5. The van der Waals surface area contributed by atoms with E-state index in [1.165, 1.54) is 6.08 Å². The van der Waals surface area contributed by atoms with E-state index in [2.05, 4.69) is 22.5 Å². The van der Waals surface area contributed by atoms with Gasteiger partial charge in [0.2, 0.25) is 5.91 Å². The third kappa shape index (κ3) is 3.68. The van der Waals surface area contributed by atoms with Crippen LogP contribution in [0.4, 0.5) is 5.69 Å². The fraction of sp³-hybridized carbons (Fsp3) is 0.357. The van der Waals surface area contributed by atoms with Gasteiger partial charge in [-0.3, -0.25) is 4.79 Å². The molecule has 0 heterocycles. The molecule has 0 saturated heterocycles.